The fourth-order valence-electron chi connectivity index (χ4n) is 0.794. The summed E-state index contributed by atoms with van der Waals surface area (Å²) in [5, 5.41) is 3.27. The van der Waals surface area contributed by atoms with Crippen molar-refractivity contribution in [1.82, 2.24) is 5.32 Å². The van der Waals surface area contributed by atoms with Crippen molar-refractivity contribution >= 4 is 0 Å². The third-order valence-electron chi connectivity index (χ3n) is 1.56. The Morgan fingerprint density at radius 2 is 2.09 bits per heavy atom. The fourth-order valence-corrected chi connectivity index (χ4v) is 0.794. The molecule has 0 aromatic heterocycles. The van der Waals surface area contributed by atoms with Crippen molar-refractivity contribution in [2.24, 2.45) is 5.73 Å². The molecule has 0 rings (SSSR count). The highest BCUT2D eigenvalue weighted by atomic mass is 16.5. The fraction of sp³-hybridized carbons (Fsp3) is 1.00. The third-order valence-corrected chi connectivity index (χ3v) is 1.56. The Morgan fingerprint density at radius 1 is 1.45 bits per heavy atom. The number of nitrogens with one attached hydrogen (secondary N) is 1. The maximum atomic E-state index is 5.43. The number of ether oxygens (including phenoxy) is 1. The van der Waals surface area contributed by atoms with E-state index in [1.54, 1.807) is 0 Å². The molecular weight excluding hydrogens is 140 g/mol. The summed E-state index contributed by atoms with van der Waals surface area (Å²) < 4.78 is 5.33. The van der Waals surface area contributed by atoms with E-state index in [-0.39, 0.29) is 6.10 Å². The average molecular weight is 160 g/mol. The lowest BCUT2D eigenvalue weighted by molar-refractivity contribution is 0.0745. The molecule has 3 nitrogen and oxygen atoms in total. The minimum absolute atomic E-state index is 0.286. The molecule has 3 heteroatoms. The topological polar surface area (TPSA) is 47.3 Å². The lowest BCUT2D eigenvalue weighted by Gasteiger charge is -2.16. The van der Waals surface area contributed by atoms with E-state index in [0.29, 0.717) is 12.6 Å². The first-order chi connectivity index (χ1) is 5.20. The highest BCUT2D eigenvalue weighted by Crippen LogP contribution is 1.88. The molecule has 0 aromatic rings. The summed E-state index contributed by atoms with van der Waals surface area (Å²) in [4.78, 5) is 0. The van der Waals surface area contributed by atoms with Crippen molar-refractivity contribution in [2.75, 3.05) is 19.7 Å². The van der Waals surface area contributed by atoms with Gasteiger partial charge in [0.25, 0.3) is 0 Å². The van der Waals surface area contributed by atoms with Gasteiger partial charge in [0.1, 0.15) is 0 Å². The van der Waals surface area contributed by atoms with Gasteiger partial charge in [-0.3, -0.25) is 0 Å². The molecule has 0 aliphatic heterocycles. The van der Waals surface area contributed by atoms with Crippen LogP contribution < -0.4 is 11.1 Å². The average Bonchev–Trinajstić information content (AvgIpc) is 2.01. The van der Waals surface area contributed by atoms with E-state index >= 15 is 0 Å². The van der Waals surface area contributed by atoms with Crippen LogP contribution in [-0.2, 0) is 4.74 Å². The van der Waals surface area contributed by atoms with Gasteiger partial charge in [0.05, 0.1) is 6.10 Å². The van der Waals surface area contributed by atoms with Gasteiger partial charge in [-0.25, -0.2) is 0 Å². The van der Waals surface area contributed by atoms with Crippen LogP contribution in [-0.4, -0.2) is 31.8 Å². The summed E-state index contributed by atoms with van der Waals surface area (Å²) in [7, 11) is 0. The molecule has 0 saturated carbocycles. The van der Waals surface area contributed by atoms with Gasteiger partial charge in [-0.1, -0.05) is 0 Å². The molecule has 0 aliphatic rings. The standard InChI is InChI=1S/C8H20N2O/c1-4-11-8(3)6-10-7(2)5-9/h7-8,10H,4-6,9H2,1-3H3. The van der Waals surface area contributed by atoms with E-state index in [4.69, 9.17) is 10.5 Å². The monoisotopic (exact) mass is 160 g/mol. The van der Waals surface area contributed by atoms with Crippen LogP contribution >= 0.6 is 0 Å². The van der Waals surface area contributed by atoms with E-state index in [2.05, 4.69) is 19.2 Å². The normalized spacial score (nSPS) is 16.4. The zero-order valence-electron chi connectivity index (χ0n) is 7.76. The van der Waals surface area contributed by atoms with Crippen LogP contribution in [0.3, 0.4) is 0 Å². The molecule has 0 fully saturated rings. The molecule has 0 aliphatic carbocycles. The van der Waals surface area contributed by atoms with E-state index in [0.717, 1.165) is 13.2 Å². The van der Waals surface area contributed by atoms with Crippen molar-refractivity contribution in [2.45, 2.75) is 32.9 Å². The zero-order valence-corrected chi connectivity index (χ0v) is 7.76. The highest BCUT2D eigenvalue weighted by molar-refractivity contribution is 4.63. The lowest BCUT2D eigenvalue weighted by atomic mass is 10.3. The lowest BCUT2D eigenvalue weighted by Crippen LogP contribution is -2.38. The molecule has 0 saturated heterocycles. The van der Waals surface area contributed by atoms with Gasteiger partial charge in [0, 0.05) is 25.7 Å². The molecule has 0 radical (unpaired) electrons. The van der Waals surface area contributed by atoms with E-state index < -0.39 is 0 Å². The van der Waals surface area contributed by atoms with Gasteiger partial charge in [0.2, 0.25) is 0 Å². The van der Waals surface area contributed by atoms with Gasteiger partial charge in [-0.15, -0.1) is 0 Å². The van der Waals surface area contributed by atoms with Crippen LogP contribution in [0.4, 0.5) is 0 Å². The first-order valence-corrected chi connectivity index (χ1v) is 4.25. The summed E-state index contributed by atoms with van der Waals surface area (Å²) in [5.74, 6) is 0. The minimum atomic E-state index is 0.286. The van der Waals surface area contributed by atoms with Gasteiger partial charge in [0.15, 0.2) is 0 Å². The number of rotatable bonds is 6. The Bertz CT molecular complexity index is 88.2. The number of hydrogen-bond donors (Lipinski definition) is 2. The first kappa shape index (κ1) is 10.9. The number of hydrogen-bond acceptors (Lipinski definition) is 3. The second-order valence-electron chi connectivity index (χ2n) is 2.81. The molecule has 0 bridgehead atoms. The Morgan fingerprint density at radius 3 is 2.55 bits per heavy atom. The molecular formula is C8H20N2O. The smallest absolute Gasteiger partial charge is 0.0671 e. The van der Waals surface area contributed by atoms with E-state index in [1.165, 1.54) is 0 Å². The Kier molecular flexibility index (Phi) is 6.51. The number of nitrogens with two attached hydrogens (primary N) is 1. The van der Waals surface area contributed by atoms with E-state index in [9.17, 15) is 0 Å². The Labute approximate surface area is 69.3 Å². The van der Waals surface area contributed by atoms with Crippen molar-refractivity contribution in [3.05, 3.63) is 0 Å². The molecule has 3 N–H and O–H groups in total. The Hall–Kier alpha value is -0.120. The molecule has 68 valence electrons. The summed E-state index contributed by atoms with van der Waals surface area (Å²) >= 11 is 0. The molecule has 0 aromatic carbocycles. The van der Waals surface area contributed by atoms with E-state index in [1.807, 2.05) is 6.92 Å². The molecule has 2 atom stereocenters. The highest BCUT2D eigenvalue weighted by Gasteiger charge is 2.02. The summed E-state index contributed by atoms with van der Waals surface area (Å²) in [5.41, 5.74) is 5.43. The van der Waals surface area contributed by atoms with Crippen molar-refractivity contribution in [3.63, 3.8) is 0 Å². The molecule has 2 unspecified atom stereocenters. The first-order valence-electron chi connectivity index (χ1n) is 4.25. The Balaban J connectivity index is 3.22. The SMILES string of the molecule is CCOC(C)CNC(C)CN. The quantitative estimate of drug-likeness (QED) is 0.589. The van der Waals surface area contributed by atoms with Crippen LogP contribution in [0.5, 0.6) is 0 Å². The van der Waals surface area contributed by atoms with Crippen molar-refractivity contribution in [1.29, 1.82) is 0 Å². The summed E-state index contributed by atoms with van der Waals surface area (Å²) in [6.07, 6.45) is 0.286. The van der Waals surface area contributed by atoms with Crippen molar-refractivity contribution in [3.8, 4) is 0 Å². The van der Waals surface area contributed by atoms with Crippen molar-refractivity contribution < 1.29 is 4.74 Å². The van der Waals surface area contributed by atoms with Gasteiger partial charge < -0.3 is 15.8 Å². The maximum absolute atomic E-state index is 5.43. The second kappa shape index (κ2) is 6.58. The molecule has 0 heterocycles. The third kappa shape index (κ3) is 6.28. The zero-order chi connectivity index (χ0) is 8.69. The van der Waals surface area contributed by atoms with Crippen LogP contribution in [0.2, 0.25) is 0 Å². The maximum Gasteiger partial charge on any atom is 0.0671 e. The van der Waals surface area contributed by atoms with Crippen LogP contribution in [0.25, 0.3) is 0 Å². The van der Waals surface area contributed by atoms with Crippen LogP contribution in [0.1, 0.15) is 20.8 Å². The predicted octanol–water partition coefficient (Wildman–Crippen LogP) is 0.348. The summed E-state index contributed by atoms with van der Waals surface area (Å²) in [6.45, 7) is 8.46. The minimum Gasteiger partial charge on any atom is -0.377 e. The molecule has 0 amide bonds. The van der Waals surface area contributed by atoms with Gasteiger partial charge in [-0.2, -0.15) is 0 Å². The van der Waals surface area contributed by atoms with Gasteiger partial charge in [-0.05, 0) is 20.8 Å². The molecule has 0 spiro atoms. The predicted molar refractivity (Wildman–Crippen MR) is 47.6 cm³/mol. The largest absolute Gasteiger partial charge is 0.377 e. The van der Waals surface area contributed by atoms with Gasteiger partial charge >= 0.3 is 0 Å². The second-order valence-corrected chi connectivity index (χ2v) is 2.81. The van der Waals surface area contributed by atoms with Crippen LogP contribution in [0, 0.1) is 0 Å². The van der Waals surface area contributed by atoms with Crippen LogP contribution in [0.15, 0.2) is 0 Å². The molecule has 11 heavy (non-hydrogen) atoms. The summed E-state index contributed by atoms with van der Waals surface area (Å²) in [6, 6.07) is 0.387.